The van der Waals surface area contributed by atoms with Crippen LogP contribution >= 0.6 is 22.9 Å². The van der Waals surface area contributed by atoms with Crippen LogP contribution in [-0.4, -0.2) is 37.4 Å². The smallest absolute Gasteiger partial charge is 0.413 e. The van der Waals surface area contributed by atoms with Crippen LogP contribution in [0.4, 0.5) is 9.93 Å². The Hall–Kier alpha value is -2.91. The highest BCUT2D eigenvalue weighted by atomic mass is 35.5. The highest BCUT2D eigenvalue weighted by Gasteiger charge is 2.18. The van der Waals surface area contributed by atoms with E-state index < -0.39 is 6.09 Å². The van der Waals surface area contributed by atoms with Gasteiger partial charge in [-0.3, -0.25) is 15.0 Å². The molecule has 3 heterocycles. The van der Waals surface area contributed by atoms with E-state index >= 15 is 0 Å². The highest BCUT2D eigenvalue weighted by Crippen LogP contribution is 2.33. The number of aromatic amines is 1. The van der Waals surface area contributed by atoms with Gasteiger partial charge in [0.15, 0.2) is 16.6 Å². The minimum Gasteiger partial charge on any atom is -0.450 e. The minimum absolute atomic E-state index is 0.290. The van der Waals surface area contributed by atoms with Crippen LogP contribution in [-0.2, 0) is 4.74 Å². The van der Waals surface area contributed by atoms with E-state index in [4.69, 9.17) is 16.3 Å². The molecule has 132 valence electrons. The van der Waals surface area contributed by atoms with Crippen LogP contribution in [0.1, 0.15) is 6.92 Å². The van der Waals surface area contributed by atoms with Crippen molar-refractivity contribution in [3.63, 3.8) is 0 Å². The van der Waals surface area contributed by atoms with Gasteiger partial charge in [0, 0.05) is 10.6 Å². The normalized spacial score (nSPS) is 11.0. The SMILES string of the molecule is CCOC(=O)Nc1nc2[nH]nc(-n3cncc3-c3ccccc3Cl)c2s1. The molecule has 2 N–H and O–H groups in total. The molecule has 0 fully saturated rings. The molecular formula is C16H13ClN6O2S. The second-order valence-electron chi connectivity index (χ2n) is 5.22. The van der Waals surface area contributed by atoms with Crippen molar-refractivity contribution in [2.45, 2.75) is 6.92 Å². The maximum absolute atomic E-state index is 11.6. The van der Waals surface area contributed by atoms with Crippen LogP contribution in [0.25, 0.3) is 27.4 Å². The molecule has 3 aromatic heterocycles. The largest absolute Gasteiger partial charge is 0.450 e. The number of amides is 1. The van der Waals surface area contributed by atoms with Gasteiger partial charge in [-0.25, -0.2) is 14.8 Å². The Bertz CT molecular complexity index is 1090. The van der Waals surface area contributed by atoms with Crippen LogP contribution < -0.4 is 5.32 Å². The first-order valence-corrected chi connectivity index (χ1v) is 8.93. The molecule has 0 radical (unpaired) electrons. The number of H-pyrrole nitrogens is 1. The zero-order valence-corrected chi connectivity index (χ0v) is 15.1. The fourth-order valence-electron chi connectivity index (χ4n) is 2.51. The lowest BCUT2D eigenvalue weighted by Crippen LogP contribution is -2.12. The summed E-state index contributed by atoms with van der Waals surface area (Å²) in [6.07, 6.45) is 2.84. The number of nitrogens with zero attached hydrogens (tertiary/aromatic N) is 4. The first kappa shape index (κ1) is 16.6. The first-order valence-electron chi connectivity index (χ1n) is 7.73. The van der Waals surface area contributed by atoms with Gasteiger partial charge in [-0.05, 0) is 13.0 Å². The molecule has 0 bridgehead atoms. The number of nitrogens with one attached hydrogen (secondary N) is 2. The quantitative estimate of drug-likeness (QED) is 0.548. The maximum atomic E-state index is 11.6. The van der Waals surface area contributed by atoms with E-state index in [1.165, 1.54) is 11.3 Å². The number of rotatable bonds is 4. The summed E-state index contributed by atoms with van der Waals surface area (Å²) < 4.78 is 7.48. The summed E-state index contributed by atoms with van der Waals surface area (Å²) in [5.74, 6) is 0.627. The van der Waals surface area contributed by atoms with E-state index in [0.717, 1.165) is 16.0 Å². The van der Waals surface area contributed by atoms with Crippen LogP contribution in [0.5, 0.6) is 0 Å². The molecular weight excluding hydrogens is 376 g/mol. The van der Waals surface area contributed by atoms with Gasteiger partial charge in [0.2, 0.25) is 0 Å². The molecule has 0 spiro atoms. The lowest BCUT2D eigenvalue weighted by atomic mass is 10.1. The number of thiazole rings is 1. The van der Waals surface area contributed by atoms with Crippen molar-refractivity contribution in [1.29, 1.82) is 0 Å². The Morgan fingerprint density at radius 3 is 3.08 bits per heavy atom. The molecule has 0 aliphatic rings. The predicted octanol–water partition coefficient (Wildman–Crippen LogP) is 4.09. The summed E-state index contributed by atoms with van der Waals surface area (Å²) in [5, 5.41) is 10.8. The Balaban J connectivity index is 1.75. The molecule has 0 atom stereocenters. The van der Waals surface area contributed by atoms with Gasteiger partial charge < -0.3 is 4.74 Å². The van der Waals surface area contributed by atoms with Gasteiger partial charge in [0.25, 0.3) is 0 Å². The zero-order chi connectivity index (χ0) is 18.1. The average molecular weight is 389 g/mol. The number of fused-ring (bicyclic) bond motifs is 1. The monoisotopic (exact) mass is 388 g/mol. The number of imidazole rings is 1. The molecule has 8 nitrogen and oxygen atoms in total. The number of halogens is 1. The third kappa shape index (κ3) is 2.91. The van der Waals surface area contributed by atoms with E-state index in [9.17, 15) is 4.79 Å². The van der Waals surface area contributed by atoms with Gasteiger partial charge in [-0.2, -0.15) is 5.10 Å². The van der Waals surface area contributed by atoms with E-state index in [1.54, 1.807) is 19.4 Å². The number of ether oxygens (including phenoxy) is 1. The molecule has 10 heteroatoms. The molecule has 0 saturated heterocycles. The van der Waals surface area contributed by atoms with Crippen LogP contribution in [0.15, 0.2) is 36.8 Å². The van der Waals surface area contributed by atoms with Crippen molar-refractivity contribution in [3.05, 3.63) is 41.8 Å². The summed E-state index contributed by atoms with van der Waals surface area (Å²) in [4.78, 5) is 20.1. The van der Waals surface area contributed by atoms with Crippen molar-refractivity contribution in [3.8, 4) is 17.1 Å². The van der Waals surface area contributed by atoms with E-state index in [2.05, 4.69) is 25.5 Å². The predicted molar refractivity (Wildman–Crippen MR) is 100.0 cm³/mol. The summed E-state index contributed by atoms with van der Waals surface area (Å²) in [6, 6.07) is 7.52. The van der Waals surface area contributed by atoms with Crippen LogP contribution in [0.3, 0.4) is 0 Å². The number of benzene rings is 1. The summed E-state index contributed by atoms with van der Waals surface area (Å²) >= 11 is 7.61. The number of hydrogen-bond acceptors (Lipinski definition) is 6. The van der Waals surface area contributed by atoms with Crippen LogP contribution in [0.2, 0.25) is 5.02 Å². The fourth-order valence-corrected chi connectivity index (χ4v) is 3.63. The third-order valence-corrected chi connectivity index (χ3v) is 4.90. The zero-order valence-electron chi connectivity index (χ0n) is 13.6. The second kappa shape index (κ2) is 6.77. The number of carbonyl (C=O) groups is 1. The molecule has 0 saturated carbocycles. The van der Waals surface area contributed by atoms with Gasteiger partial charge in [0.1, 0.15) is 11.0 Å². The van der Waals surface area contributed by atoms with Gasteiger partial charge in [-0.1, -0.05) is 41.1 Å². The number of anilines is 1. The van der Waals surface area contributed by atoms with Crippen LogP contribution in [0, 0.1) is 0 Å². The molecule has 26 heavy (non-hydrogen) atoms. The average Bonchev–Trinajstić information content (AvgIpc) is 3.30. The number of aromatic nitrogens is 5. The molecule has 0 aliphatic heterocycles. The Morgan fingerprint density at radius 1 is 1.42 bits per heavy atom. The minimum atomic E-state index is -0.544. The highest BCUT2D eigenvalue weighted by molar-refractivity contribution is 7.22. The lowest BCUT2D eigenvalue weighted by molar-refractivity contribution is 0.168. The summed E-state index contributed by atoms with van der Waals surface area (Å²) in [6.45, 7) is 2.03. The molecule has 1 aromatic carbocycles. The van der Waals surface area contributed by atoms with Crippen molar-refractivity contribution in [2.24, 2.45) is 0 Å². The number of carbonyl (C=O) groups excluding carboxylic acids is 1. The fraction of sp³-hybridized carbons (Fsp3) is 0.125. The van der Waals surface area contributed by atoms with E-state index in [1.807, 2.05) is 28.8 Å². The van der Waals surface area contributed by atoms with Gasteiger partial charge in [0.05, 0.1) is 18.5 Å². The Kier molecular flexibility index (Phi) is 4.31. The molecule has 1 amide bonds. The van der Waals surface area contributed by atoms with E-state index in [-0.39, 0.29) is 6.61 Å². The molecule has 4 rings (SSSR count). The van der Waals surface area contributed by atoms with Crippen molar-refractivity contribution < 1.29 is 9.53 Å². The van der Waals surface area contributed by atoms with Gasteiger partial charge in [-0.15, -0.1) is 0 Å². The molecule has 0 aliphatic carbocycles. The Morgan fingerprint density at radius 2 is 2.27 bits per heavy atom. The lowest BCUT2D eigenvalue weighted by Gasteiger charge is -2.06. The van der Waals surface area contributed by atoms with Gasteiger partial charge >= 0.3 is 6.09 Å². The van der Waals surface area contributed by atoms with Crippen molar-refractivity contribution in [2.75, 3.05) is 11.9 Å². The summed E-state index contributed by atoms with van der Waals surface area (Å²) in [5.41, 5.74) is 2.21. The number of hydrogen-bond donors (Lipinski definition) is 2. The van der Waals surface area contributed by atoms with Crippen molar-refractivity contribution >= 4 is 44.5 Å². The Labute approximate surface area is 156 Å². The maximum Gasteiger partial charge on any atom is 0.413 e. The molecule has 0 unspecified atom stereocenters. The third-order valence-electron chi connectivity index (χ3n) is 3.60. The van der Waals surface area contributed by atoms with Crippen molar-refractivity contribution in [1.82, 2.24) is 24.7 Å². The van der Waals surface area contributed by atoms with E-state index in [0.29, 0.717) is 21.6 Å². The molecule has 4 aromatic rings. The summed E-state index contributed by atoms with van der Waals surface area (Å²) in [7, 11) is 0. The first-order chi connectivity index (χ1) is 12.7. The second-order valence-corrected chi connectivity index (χ2v) is 6.62. The standard InChI is InChI=1S/C16H13ClN6O2S/c1-2-25-16(24)20-15-19-13-12(26-15)14(22-21-13)23-8-18-7-11(23)9-5-3-4-6-10(9)17/h3-8H,2H2,1H3,(H2,19,20,21,22,24). The topological polar surface area (TPSA) is 97.7 Å².